The van der Waals surface area contributed by atoms with Gasteiger partial charge in [0.25, 0.3) is 0 Å². The van der Waals surface area contributed by atoms with Gasteiger partial charge in [0.15, 0.2) is 5.78 Å². The first-order valence-corrected chi connectivity index (χ1v) is 10.1. The number of hydrogen-bond donors (Lipinski definition) is 3. The second-order valence-corrected chi connectivity index (χ2v) is 8.65. The van der Waals surface area contributed by atoms with E-state index in [0.717, 1.165) is 5.56 Å². The standard InChI is InChI=1S/C22H30N2O7/c1-14(25)30-13-17(23-20(29)31-12-15-8-6-5-7-9-15)18(26)22(21(2,3)4)11-10-16(24-22)19(27)28/h5-9,16-17,24H,10-13H2,1-4H3,(H,23,29)(H,27,28). The molecule has 1 amide bonds. The van der Waals surface area contributed by atoms with E-state index in [1.54, 1.807) is 24.3 Å². The van der Waals surface area contributed by atoms with Crippen molar-refractivity contribution < 1.29 is 33.8 Å². The average molecular weight is 434 g/mol. The molecule has 3 atom stereocenters. The molecule has 0 aromatic heterocycles. The van der Waals surface area contributed by atoms with Crippen molar-refractivity contribution in [2.24, 2.45) is 5.41 Å². The molecular formula is C22H30N2O7. The Hall–Kier alpha value is -2.94. The van der Waals surface area contributed by atoms with E-state index < -0.39 is 46.9 Å². The first-order valence-electron chi connectivity index (χ1n) is 10.1. The fourth-order valence-corrected chi connectivity index (χ4v) is 3.73. The predicted molar refractivity (Wildman–Crippen MR) is 111 cm³/mol. The van der Waals surface area contributed by atoms with Gasteiger partial charge in [-0.2, -0.15) is 0 Å². The number of carbonyl (C=O) groups excluding carboxylic acids is 3. The van der Waals surface area contributed by atoms with Crippen LogP contribution < -0.4 is 10.6 Å². The van der Waals surface area contributed by atoms with E-state index in [-0.39, 0.29) is 26.1 Å². The number of Topliss-reactive ketones (excluding diaryl/α,β-unsaturated/α-hetero) is 1. The van der Waals surface area contributed by atoms with Crippen molar-refractivity contribution >= 4 is 23.8 Å². The first-order chi connectivity index (χ1) is 14.5. The maximum Gasteiger partial charge on any atom is 0.408 e. The molecule has 9 nitrogen and oxygen atoms in total. The molecule has 1 saturated heterocycles. The number of esters is 1. The molecule has 1 aliphatic heterocycles. The van der Waals surface area contributed by atoms with Crippen LogP contribution in [-0.4, -0.2) is 53.2 Å². The minimum atomic E-state index is -1.23. The van der Waals surface area contributed by atoms with Gasteiger partial charge in [-0.25, -0.2) is 4.79 Å². The average Bonchev–Trinajstić information content (AvgIpc) is 3.17. The van der Waals surface area contributed by atoms with Crippen molar-refractivity contribution in [3.05, 3.63) is 35.9 Å². The van der Waals surface area contributed by atoms with Crippen LogP contribution in [0.5, 0.6) is 0 Å². The maximum atomic E-state index is 13.6. The number of carbonyl (C=O) groups is 4. The van der Waals surface area contributed by atoms with Crippen LogP contribution in [0.3, 0.4) is 0 Å². The van der Waals surface area contributed by atoms with Crippen LogP contribution >= 0.6 is 0 Å². The summed E-state index contributed by atoms with van der Waals surface area (Å²) in [6.45, 7) is 6.27. The fourth-order valence-electron chi connectivity index (χ4n) is 3.73. The number of amides is 1. The molecular weight excluding hydrogens is 404 g/mol. The number of ether oxygens (including phenoxy) is 2. The number of aliphatic carboxylic acids is 1. The lowest BCUT2D eigenvalue weighted by Crippen LogP contribution is -2.65. The highest BCUT2D eigenvalue weighted by atomic mass is 16.6. The Kier molecular flexibility index (Phi) is 7.78. The zero-order chi connectivity index (χ0) is 23.2. The van der Waals surface area contributed by atoms with Gasteiger partial charge in [-0.05, 0) is 23.8 Å². The van der Waals surface area contributed by atoms with Gasteiger partial charge in [0.05, 0.1) is 5.54 Å². The van der Waals surface area contributed by atoms with E-state index in [9.17, 15) is 24.3 Å². The monoisotopic (exact) mass is 434 g/mol. The molecule has 0 radical (unpaired) electrons. The Morgan fingerprint density at radius 2 is 1.84 bits per heavy atom. The van der Waals surface area contributed by atoms with E-state index in [0.29, 0.717) is 0 Å². The van der Waals surface area contributed by atoms with Gasteiger partial charge in [0.1, 0.15) is 25.3 Å². The van der Waals surface area contributed by atoms with Crippen molar-refractivity contribution in [2.75, 3.05) is 6.61 Å². The second kappa shape index (κ2) is 9.91. The zero-order valence-corrected chi connectivity index (χ0v) is 18.3. The summed E-state index contributed by atoms with van der Waals surface area (Å²) in [6.07, 6.45) is -0.313. The highest BCUT2D eigenvalue weighted by molar-refractivity contribution is 5.97. The van der Waals surface area contributed by atoms with Gasteiger partial charge in [0.2, 0.25) is 0 Å². The largest absolute Gasteiger partial charge is 0.480 e. The lowest BCUT2D eigenvalue weighted by atomic mass is 9.68. The van der Waals surface area contributed by atoms with E-state index >= 15 is 0 Å². The molecule has 3 unspecified atom stereocenters. The van der Waals surface area contributed by atoms with Crippen molar-refractivity contribution in [3.8, 4) is 0 Å². The van der Waals surface area contributed by atoms with Crippen LogP contribution in [0, 0.1) is 5.41 Å². The zero-order valence-electron chi connectivity index (χ0n) is 18.3. The molecule has 1 aromatic rings. The topological polar surface area (TPSA) is 131 Å². The number of benzene rings is 1. The number of carboxylic acids is 1. The first kappa shape index (κ1) is 24.3. The lowest BCUT2D eigenvalue weighted by Gasteiger charge is -2.43. The summed E-state index contributed by atoms with van der Waals surface area (Å²) < 4.78 is 10.2. The Morgan fingerprint density at radius 3 is 2.35 bits per heavy atom. The Bertz CT molecular complexity index is 819. The van der Waals surface area contributed by atoms with Gasteiger partial charge in [-0.1, -0.05) is 51.1 Å². The third-order valence-electron chi connectivity index (χ3n) is 5.50. The van der Waals surface area contributed by atoms with E-state index in [4.69, 9.17) is 9.47 Å². The summed E-state index contributed by atoms with van der Waals surface area (Å²) in [6, 6.07) is 6.94. The molecule has 3 N–H and O–H groups in total. The van der Waals surface area contributed by atoms with Crippen LogP contribution in [0.1, 0.15) is 46.1 Å². The summed E-state index contributed by atoms with van der Waals surface area (Å²) in [7, 11) is 0. The molecule has 2 rings (SSSR count). The summed E-state index contributed by atoms with van der Waals surface area (Å²) in [4.78, 5) is 48.8. The Balaban J connectivity index is 2.19. The molecule has 170 valence electrons. The molecule has 1 heterocycles. The number of hydrogen-bond acceptors (Lipinski definition) is 7. The third-order valence-corrected chi connectivity index (χ3v) is 5.50. The summed E-state index contributed by atoms with van der Waals surface area (Å²) in [5.41, 5.74) is -1.13. The summed E-state index contributed by atoms with van der Waals surface area (Å²) in [5, 5.41) is 14.8. The molecule has 0 saturated carbocycles. The van der Waals surface area contributed by atoms with Gasteiger partial charge in [0, 0.05) is 6.92 Å². The number of ketones is 1. The number of rotatable bonds is 8. The van der Waals surface area contributed by atoms with E-state index in [1.165, 1.54) is 6.92 Å². The molecule has 1 aliphatic rings. The van der Waals surface area contributed by atoms with Crippen molar-refractivity contribution in [2.45, 2.75) is 64.8 Å². The fraction of sp³-hybridized carbons (Fsp3) is 0.545. The highest BCUT2D eigenvalue weighted by Gasteiger charge is 2.55. The number of nitrogens with one attached hydrogen (secondary N) is 2. The molecule has 0 spiro atoms. The Labute approximate surface area is 181 Å². The predicted octanol–water partition coefficient (Wildman–Crippen LogP) is 2.04. The highest BCUT2D eigenvalue weighted by Crippen LogP contribution is 2.41. The van der Waals surface area contributed by atoms with Crippen LogP contribution in [-0.2, 0) is 30.5 Å². The van der Waals surface area contributed by atoms with Crippen molar-refractivity contribution in [1.29, 1.82) is 0 Å². The lowest BCUT2D eigenvalue weighted by molar-refractivity contribution is -0.144. The molecule has 1 fully saturated rings. The molecule has 31 heavy (non-hydrogen) atoms. The molecule has 9 heteroatoms. The normalized spacial score (nSPS) is 21.7. The Morgan fingerprint density at radius 1 is 1.19 bits per heavy atom. The number of carboxylic acid groups (broad SMARTS) is 1. The van der Waals surface area contributed by atoms with Crippen LogP contribution in [0.4, 0.5) is 4.79 Å². The quantitative estimate of drug-likeness (QED) is 0.530. The minimum absolute atomic E-state index is 0.00486. The van der Waals surface area contributed by atoms with E-state index in [2.05, 4.69) is 10.6 Å². The van der Waals surface area contributed by atoms with Crippen molar-refractivity contribution in [1.82, 2.24) is 10.6 Å². The summed E-state index contributed by atoms with van der Waals surface area (Å²) >= 11 is 0. The van der Waals surface area contributed by atoms with Gasteiger partial charge in [-0.15, -0.1) is 0 Å². The van der Waals surface area contributed by atoms with Gasteiger partial charge >= 0.3 is 18.0 Å². The maximum absolute atomic E-state index is 13.6. The van der Waals surface area contributed by atoms with Crippen LogP contribution in [0.15, 0.2) is 30.3 Å². The van der Waals surface area contributed by atoms with Gasteiger partial charge in [-0.3, -0.25) is 19.7 Å². The molecule has 0 bridgehead atoms. The van der Waals surface area contributed by atoms with Gasteiger partial charge < -0.3 is 19.9 Å². The SMILES string of the molecule is CC(=O)OCC(NC(=O)OCc1ccccc1)C(=O)C1(C(C)(C)C)CCC(C(=O)O)N1. The smallest absolute Gasteiger partial charge is 0.408 e. The molecule has 0 aliphatic carbocycles. The minimum Gasteiger partial charge on any atom is -0.480 e. The molecule has 1 aromatic carbocycles. The number of alkyl carbamates (subject to hydrolysis) is 1. The van der Waals surface area contributed by atoms with Crippen LogP contribution in [0.2, 0.25) is 0 Å². The van der Waals surface area contributed by atoms with Crippen LogP contribution in [0.25, 0.3) is 0 Å². The van der Waals surface area contributed by atoms with E-state index in [1.807, 2.05) is 26.8 Å². The summed E-state index contributed by atoms with van der Waals surface area (Å²) in [5.74, 6) is -2.11. The second-order valence-electron chi connectivity index (χ2n) is 8.65. The third kappa shape index (κ3) is 6.04. The van der Waals surface area contributed by atoms with Crippen molar-refractivity contribution in [3.63, 3.8) is 0 Å².